The zero-order valence-electron chi connectivity index (χ0n) is 19.1. The van der Waals surface area contributed by atoms with E-state index in [2.05, 4.69) is 17.0 Å². The summed E-state index contributed by atoms with van der Waals surface area (Å²) in [5, 5.41) is 0. The number of amides is 1. The Morgan fingerprint density at radius 3 is 2.29 bits per heavy atom. The summed E-state index contributed by atoms with van der Waals surface area (Å²) in [6, 6.07) is 11.8. The van der Waals surface area contributed by atoms with Gasteiger partial charge in [-0.3, -0.25) is 4.90 Å². The zero-order chi connectivity index (χ0) is 22.6. The van der Waals surface area contributed by atoms with Gasteiger partial charge in [0.2, 0.25) is 0 Å². The molecule has 0 aromatic heterocycles. The van der Waals surface area contributed by atoms with Crippen molar-refractivity contribution in [1.82, 2.24) is 9.80 Å². The van der Waals surface area contributed by atoms with Gasteiger partial charge in [0.25, 0.3) is 0 Å². The number of nitrogens with two attached hydrogens (primary N) is 1. The quantitative estimate of drug-likeness (QED) is 0.727. The van der Waals surface area contributed by atoms with Gasteiger partial charge in [-0.1, -0.05) is 12.1 Å². The molecule has 1 heterocycles. The van der Waals surface area contributed by atoms with E-state index in [1.54, 1.807) is 19.1 Å². The normalized spacial score (nSPS) is 14.9. The smallest absolute Gasteiger partial charge is 0.410 e. The van der Waals surface area contributed by atoms with Crippen LogP contribution in [0.15, 0.2) is 36.4 Å². The molecule has 1 saturated heterocycles. The minimum Gasteiger partial charge on any atom is -0.497 e. The van der Waals surface area contributed by atoms with E-state index in [4.69, 9.17) is 19.9 Å². The molecule has 0 aliphatic carbocycles. The number of hydrogen-bond acceptors (Lipinski definition) is 6. The highest BCUT2D eigenvalue weighted by atomic mass is 16.6. The van der Waals surface area contributed by atoms with Crippen LogP contribution >= 0.6 is 0 Å². The lowest BCUT2D eigenvalue weighted by Gasteiger charge is -2.35. The highest BCUT2D eigenvalue weighted by Crippen LogP contribution is 2.35. The predicted molar refractivity (Wildman–Crippen MR) is 122 cm³/mol. The van der Waals surface area contributed by atoms with Crippen molar-refractivity contribution in [3.63, 3.8) is 0 Å². The lowest BCUT2D eigenvalue weighted by molar-refractivity contribution is 0.0139. The van der Waals surface area contributed by atoms with Crippen LogP contribution in [-0.4, -0.2) is 61.9 Å². The fourth-order valence-corrected chi connectivity index (χ4v) is 3.60. The van der Waals surface area contributed by atoms with Gasteiger partial charge in [-0.25, -0.2) is 4.79 Å². The van der Waals surface area contributed by atoms with Crippen LogP contribution in [0.25, 0.3) is 11.1 Å². The number of carbonyl (C=O) groups is 1. The van der Waals surface area contributed by atoms with E-state index in [-0.39, 0.29) is 6.09 Å². The van der Waals surface area contributed by atoms with E-state index in [1.165, 1.54) is 0 Å². The number of benzene rings is 2. The fraction of sp³-hybridized carbons (Fsp3) is 0.458. The van der Waals surface area contributed by atoms with E-state index in [0.29, 0.717) is 13.1 Å². The summed E-state index contributed by atoms with van der Waals surface area (Å²) in [6.45, 7) is 9.25. The van der Waals surface area contributed by atoms with Crippen molar-refractivity contribution in [3.8, 4) is 22.6 Å². The first-order valence-electron chi connectivity index (χ1n) is 10.5. The summed E-state index contributed by atoms with van der Waals surface area (Å²) in [5.41, 5.74) is 9.64. The SMILES string of the molecule is COc1ccc(OC)c(-c2ccc(CN3CCN(C(=O)OC(C)(C)C)CC3)c(N)c2)c1. The Labute approximate surface area is 184 Å². The molecule has 0 radical (unpaired) electrons. The average molecular weight is 428 g/mol. The molecule has 1 amide bonds. The molecule has 3 rings (SSSR count). The van der Waals surface area contributed by atoms with Crippen LogP contribution < -0.4 is 15.2 Å². The zero-order valence-corrected chi connectivity index (χ0v) is 19.1. The molecule has 1 aliphatic rings. The molecule has 168 valence electrons. The molecule has 1 fully saturated rings. The number of piperazine rings is 1. The third kappa shape index (κ3) is 5.82. The monoisotopic (exact) mass is 427 g/mol. The summed E-state index contributed by atoms with van der Waals surface area (Å²) >= 11 is 0. The van der Waals surface area contributed by atoms with Crippen molar-refractivity contribution in [3.05, 3.63) is 42.0 Å². The van der Waals surface area contributed by atoms with Gasteiger partial charge < -0.3 is 24.8 Å². The Morgan fingerprint density at radius 1 is 1.00 bits per heavy atom. The molecule has 2 N–H and O–H groups in total. The molecule has 0 bridgehead atoms. The van der Waals surface area contributed by atoms with E-state index >= 15 is 0 Å². The number of anilines is 1. The number of ether oxygens (including phenoxy) is 3. The van der Waals surface area contributed by atoms with Crippen molar-refractivity contribution in [2.75, 3.05) is 46.1 Å². The largest absolute Gasteiger partial charge is 0.497 e. The molecule has 0 unspecified atom stereocenters. The van der Waals surface area contributed by atoms with Crippen molar-refractivity contribution in [2.45, 2.75) is 32.9 Å². The first-order valence-corrected chi connectivity index (χ1v) is 10.5. The molecule has 7 heteroatoms. The second-order valence-electron chi connectivity index (χ2n) is 8.72. The van der Waals surface area contributed by atoms with Crippen LogP contribution in [0, 0.1) is 0 Å². The topological polar surface area (TPSA) is 77.3 Å². The lowest BCUT2D eigenvalue weighted by Crippen LogP contribution is -2.49. The Hall–Kier alpha value is -2.93. The van der Waals surface area contributed by atoms with Crippen molar-refractivity contribution < 1.29 is 19.0 Å². The molecule has 0 saturated carbocycles. The van der Waals surface area contributed by atoms with Gasteiger partial charge in [0.15, 0.2) is 0 Å². The minimum absolute atomic E-state index is 0.247. The first kappa shape index (κ1) is 22.7. The maximum Gasteiger partial charge on any atom is 0.410 e. The third-order valence-corrected chi connectivity index (χ3v) is 5.28. The molecule has 1 aliphatic heterocycles. The number of rotatable bonds is 5. The Kier molecular flexibility index (Phi) is 6.95. The first-order chi connectivity index (χ1) is 14.7. The molecular weight excluding hydrogens is 394 g/mol. The lowest BCUT2D eigenvalue weighted by atomic mass is 10.0. The second kappa shape index (κ2) is 9.47. The van der Waals surface area contributed by atoms with Gasteiger partial charge in [-0.2, -0.15) is 0 Å². The number of carbonyl (C=O) groups excluding carboxylic acids is 1. The van der Waals surface area contributed by atoms with Gasteiger partial charge in [0.1, 0.15) is 17.1 Å². The number of hydrogen-bond donors (Lipinski definition) is 1. The number of methoxy groups -OCH3 is 2. The summed E-state index contributed by atoms with van der Waals surface area (Å²) < 4.78 is 16.3. The molecular formula is C24H33N3O4. The third-order valence-electron chi connectivity index (χ3n) is 5.28. The molecule has 0 atom stereocenters. The van der Waals surface area contributed by atoms with E-state index < -0.39 is 5.60 Å². The number of nitrogen functional groups attached to an aromatic ring is 1. The van der Waals surface area contributed by atoms with Crippen LogP contribution in [0.1, 0.15) is 26.3 Å². The summed E-state index contributed by atoms with van der Waals surface area (Å²) in [4.78, 5) is 16.3. The molecule has 2 aromatic carbocycles. The Balaban J connectivity index is 1.65. The second-order valence-corrected chi connectivity index (χ2v) is 8.72. The van der Waals surface area contributed by atoms with Crippen LogP contribution in [-0.2, 0) is 11.3 Å². The maximum absolute atomic E-state index is 12.2. The standard InChI is InChI=1S/C24H33N3O4/c1-24(2,3)31-23(28)27-12-10-26(11-13-27)16-18-7-6-17(14-21(18)25)20-15-19(29-4)8-9-22(20)30-5/h6-9,14-15H,10-13,16,25H2,1-5H3. The van der Waals surface area contributed by atoms with Crippen LogP contribution in [0.3, 0.4) is 0 Å². The molecule has 0 spiro atoms. The average Bonchev–Trinajstić information content (AvgIpc) is 2.74. The van der Waals surface area contributed by atoms with Crippen molar-refractivity contribution in [1.29, 1.82) is 0 Å². The molecule has 7 nitrogen and oxygen atoms in total. The Morgan fingerprint density at radius 2 is 1.71 bits per heavy atom. The van der Waals surface area contributed by atoms with Crippen LogP contribution in [0.4, 0.5) is 10.5 Å². The van der Waals surface area contributed by atoms with Crippen LogP contribution in [0.2, 0.25) is 0 Å². The van der Waals surface area contributed by atoms with Gasteiger partial charge >= 0.3 is 6.09 Å². The summed E-state index contributed by atoms with van der Waals surface area (Å²) in [6.07, 6.45) is -0.247. The highest BCUT2D eigenvalue weighted by molar-refractivity contribution is 5.75. The minimum atomic E-state index is -0.476. The van der Waals surface area contributed by atoms with E-state index in [1.807, 2.05) is 45.0 Å². The summed E-state index contributed by atoms with van der Waals surface area (Å²) in [7, 11) is 3.30. The highest BCUT2D eigenvalue weighted by Gasteiger charge is 2.26. The van der Waals surface area contributed by atoms with Gasteiger partial charge in [0, 0.05) is 44.0 Å². The fourth-order valence-electron chi connectivity index (χ4n) is 3.60. The number of nitrogens with zero attached hydrogens (tertiary/aromatic N) is 2. The van der Waals surface area contributed by atoms with E-state index in [9.17, 15) is 4.79 Å². The predicted octanol–water partition coefficient (Wildman–Crippen LogP) is 4.01. The molecule has 31 heavy (non-hydrogen) atoms. The van der Waals surface area contributed by atoms with Gasteiger partial charge in [0.05, 0.1) is 14.2 Å². The van der Waals surface area contributed by atoms with Crippen molar-refractivity contribution >= 4 is 11.8 Å². The van der Waals surface area contributed by atoms with Gasteiger partial charge in [-0.05, 0) is 56.2 Å². The Bertz CT molecular complexity index is 916. The van der Waals surface area contributed by atoms with Crippen molar-refractivity contribution in [2.24, 2.45) is 0 Å². The van der Waals surface area contributed by atoms with Crippen LogP contribution in [0.5, 0.6) is 11.5 Å². The molecule has 2 aromatic rings. The summed E-state index contributed by atoms with van der Waals surface area (Å²) in [5.74, 6) is 1.53. The maximum atomic E-state index is 12.2. The van der Waals surface area contributed by atoms with E-state index in [0.717, 1.165) is 53.5 Å². The van der Waals surface area contributed by atoms with Gasteiger partial charge in [-0.15, -0.1) is 0 Å².